The van der Waals surface area contributed by atoms with Gasteiger partial charge in [-0.25, -0.2) is 9.97 Å². The lowest BCUT2D eigenvalue weighted by molar-refractivity contribution is -0.113. The minimum atomic E-state index is -0.0636. The normalized spacial score (nSPS) is 10.6. The number of rotatable bonds is 5. The zero-order valence-corrected chi connectivity index (χ0v) is 15.9. The lowest BCUT2D eigenvalue weighted by atomic mass is 10.1. The Labute approximate surface area is 158 Å². The zero-order chi connectivity index (χ0) is 18.5. The van der Waals surface area contributed by atoms with Crippen LogP contribution in [-0.4, -0.2) is 21.6 Å². The molecule has 0 fully saturated rings. The first-order valence-corrected chi connectivity index (χ1v) is 9.41. The van der Waals surface area contributed by atoms with Crippen molar-refractivity contribution in [2.75, 3.05) is 11.1 Å². The quantitative estimate of drug-likeness (QED) is 0.522. The van der Waals surface area contributed by atoms with Crippen molar-refractivity contribution in [3.05, 3.63) is 71.4 Å². The lowest BCUT2D eigenvalue weighted by Crippen LogP contribution is -2.15. The average molecular weight is 363 g/mol. The maximum absolute atomic E-state index is 12.2. The smallest absolute Gasteiger partial charge is 0.234 e. The van der Waals surface area contributed by atoms with Crippen molar-refractivity contribution in [1.29, 1.82) is 0 Å². The minimum absolute atomic E-state index is 0.0636. The fourth-order valence-corrected chi connectivity index (χ4v) is 3.21. The molecule has 3 rings (SSSR count). The number of carbonyl (C=O) groups is 1. The molecule has 0 unspecified atom stereocenters. The van der Waals surface area contributed by atoms with Gasteiger partial charge in [0.05, 0.1) is 11.4 Å². The van der Waals surface area contributed by atoms with Crippen molar-refractivity contribution in [1.82, 2.24) is 9.97 Å². The van der Waals surface area contributed by atoms with Crippen LogP contribution >= 0.6 is 11.8 Å². The summed E-state index contributed by atoms with van der Waals surface area (Å²) >= 11 is 1.35. The van der Waals surface area contributed by atoms with Gasteiger partial charge in [0, 0.05) is 16.9 Å². The molecule has 26 heavy (non-hydrogen) atoms. The molecule has 1 aromatic heterocycles. The van der Waals surface area contributed by atoms with Gasteiger partial charge in [0.2, 0.25) is 5.91 Å². The number of nitrogens with zero attached hydrogens (tertiary/aromatic N) is 2. The highest BCUT2D eigenvalue weighted by Crippen LogP contribution is 2.22. The number of amides is 1. The summed E-state index contributed by atoms with van der Waals surface area (Å²) in [4.78, 5) is 21.3. The van der Waals surface area contributed by atoms with Crippen LogP contribution < -0.4 is 5.32 Å². The summed E-state index contributed by atoms with van der Waals surface area (Å²) < 4.78 is 0. The molecule has 0 aliphatic rings. The number of hydrogen-bond donors (Lipinski definition) is 1. The Balaban J connectivity index is 1.69. The SMILES string of the molecule is Cc1ccc(-c2cc(C)nc(SCC(=O)Nc3ccccc3C)n2)cc1. The molecule has 0 bridgehead atoms. The fraction of sp³-hybridized carbons (Fsp3) is 0.190. The van der Waals surface area contributed by atoms with Crippen LogP contribution in [0.5, 0.6) is 0 Å². The molecule has 0 aliphatic carbocycles. The summed E-state index contributed by atoms with van der Waals surface area (Å²) in [5.74, 6) is 0.205. The van der Waals surface area contributed by atoms with Crippen molar-refractivity contribution < 1.29 is 4.79 Å². The Morgan fingerprint density at radius 1 is 1.00 bits per heavy atom. The van der Waals surface area contributed by atoms with Crippen LogP contribution in [0.2, 0.25) is 0 Å². The summed E-state index contributed by atoms with van der Waals surface area (Å²) in [7, 11) is 0. The maximum Gasteiger partial charge on any atom is 0.234 e. The van der Waals surface area contributed by atoms with Crippen molar-refractivity contribution in [2.45, 2.75) is 25.9 Å². The molecule has 0 saturated heterocycles. The van der Waals surface area contributed by atoms with E-state index in [1.54, 1.807) is 0 Å². The number of aromatic nitrogens is 2. The average Bonchev–Trinajstić information content (AvgIpc) is 2.62. The molecule has 0 spiro atoms. The molecular formula is C21H21N3OS. The van der Waals surface area contributed by atoms with Crippen molar-refractivity contribution in [3.8, 4) is 11.3 Å². The van der Waals surface area contributed by atoms with Gasteiger partial charge in [-0.1, -0.05) is 59.8 Å². The molecule has 132 valence electrons. The van der Waals surface area contributed by atoms with E-state index in [9.17, 15) is 4.79 Å². The molecule has 4 nitrogen and oxygen atoms in total. The Kier molecular flexibility index (Phi) is 5.68. The Morgan fingerprint density at radius 3 is 2.46 bits per heavy atom. The molecule has 0 saturated carbocycles. The van der Waals surface area contributed by atoms with E-state index in [-0.39, 0.29) is 11.7 Å². The second-order valence-electron chi connectivity index (χ2n) is 6.19. The van der Waals surface area contributed by atoms with Crippen LogP contribution in [0.15, 0.2) is 59.8 Å². The largest absolute Gasteiger partial charge is 0.325 e. The maximum atomic E-state index is 12.2. The molecule has 1 N–H and O–H groups in total. The number of thioether (sulfide) groups is 1. The monoisotopic (exact) mass is 363 g/mol. The van der Waals surface area contributed by atoms with Gasteiger partial charge in [0.25, 0.3) is 0 Å². The summed E-state index contributed by atoms with van der Waals surface area (Å²) in [5, 5.41) is 3.54. The molecule has 2 aromatic carbocycles. The van der Waals surface area contributed by atoms with E-state index in [1.807, 2.05) is 44.2 Å². The van der Waals surface area contributed by atoms with Crippen LogP contribution in [-0.2, 0) is 4.79 Å². The van der Waals surface area contributed by atoms with E-state index in [2.05, 4.69) is 46.5 Å². The van der Waals surface area contributed by atoms with Crippen LogP contribution in [0.3, 0.4) is 0 Å². The number of benzene rings is 2. The molecule has 0 radical (unpaired) electrons. The van der Waals surface area contributed by atoms with Gasteiger partial charge >= 0.3 is 0 Å². The fourth-order valence-electron chi connectivity index (χ4n) is 2.51. The minimum Gasteiger partial charge on any atom is -0.325 e. The van der Waals surface area contributed by atoms with Crippen molar-refractivity contribution in [3.63, 3.8) is 0 Å². The van der Waals surface area contributed by atoms with Gasteiger partial charge in [0.1, 0.15) is 0 Å². The predicted octanol–water partition coefficient (Wildman–Crippen LogP) is 4.80. The summed E-state index contributed by atoms with van der Waals surface area (Å²) in [6, 6.07) is 17.9. The van der Waals surface area contributed by atoms with Crippen LogP contribution in [0.4, 0.5) is 5.69 Å². The third-order valence-electron chi connectivity index (χ3n) is 3.93. The van der Waals surface area contributed by atoms with Gasteiger partial charge in [-0.15, -0.1) is 0 Å². The van der Waals surface area contributed by atoms with E-state index < -0.39 is 0 Å². The lowest BCUT2D eigenvalue weighted by Gasteiger charge is -2.08. The first-order valence-electron chi connectivity index (χ1n) is 8.42. The van der Waals surface area contributed by atoms with E-state index in [4.69, 9.17) is 0 Å². The van der Waals surface area contributed by atoms with Gasteiger partial charge in [0.15, 0.2) is 5.16 Å². The van der Waals surface area contributed by atoms with Crippen LogP contribution in [0, 0.1) is 20.8 Å². The molecule has 5 heteroatoms. The molecular weight excluding hydrogens is 342 g/mol. The first kappa shape index (κ1) is 18.1. The standard InChI is InChI=1S/C21H21N3OS/c1-14-8-10-17(11-9-14)19-12-16(3)22-21(24-19)26-13-20(25)23-18-7-5-4-6-15(18)2/h4-12H,13H2,1-3H3,(H,23,25). The Hall–Kier alpha value is -2.66. The van der Waals surface area contributed by atoms with E-state index in [1.165, 1.54) is 17.3 Å². The number of nitrogens with one attached hydrogen (secondary N) is 1. The highest BCUT2D eigenvalue weighted by Gasteiger charge is 2.09. The van der Waals surface area contributed by atoms with E-state index >= 15 is 0 Å². The van der Waals surface area contributed by atoms with Crippen LogP contribution in [0.25, 0.3) is 11.3 Å². The third kappa shape index (κ3) is 4.70. The van der Waals surface area contributed by atoms with E-state index in [0.29, 0.717) is 5.16 Å². The second-order valence-corrected chi connectivity index (χ2v) is 7.14. The van der Waals surface area contributed by atoms with Gasteiger partial charge in [-0.05, 0) is 38.5 Å². The number of para-hydroxylation sites is 1. The summed E-state index contributed by atoms with van der Waals surface area (Å²) in [6.07, 6.45) is 0. The topological polar surface area (TPSA) is 54.9 Å². The highest BCUT2D eigenvalue weighted by atomic mass is 32.2. The third-order valence-corrected chi connectivity index (χ3v) is 4.78. The van der Waals surface area contributed by atoms with E-state index in [0.717, 1.165) is 28.2 Å². The van der Waals surface area contributed by atoms with Crippen molar-refractivity contribution in [2.24, 2.45) is 0 Å². The highest BCUT2D eigenvalue weighted by molar-refractivity contribution is 7.99. The van der Waals surface area contributed by atoms with Gasteiger partial charge < -0.3 is 5.32 Å². The van der Waals surface area contributed by atoms with Gasteiger partial charge in [-0.3, -0.25) is 4.79 Å². The zero-order valence-electron chi connectivity index (χ0n) is 15.1. The summed E-state index contributed by atoms with van der Waals surface area (Å²) in [6.45, 7) is 5.97. The van der Waals surface area contributed by atoms with Crippen LogP contribution in [0.1, 0.15) is 16.8 Å². The number of anilines is 1. The molecule has 3 aromatic rings. The van der Waals surface area contributed by atoms with Gasteiger partial charge in [-0.2, -0.15) is 0 Å². The van der Waals surface area contributed by atoms with Crippen molar-refractivity contribution >= 4 is 23.4 Å². The molecule has 0 aliphatic heterocycles. The predicted molar refractivity (Wildman–Crippen MR) is 107 cm³/mol. The number of carbonyl (C=O) groups excluding carboxylic acids is 1. The molecule has 1 amide bonds. The second kappa shape index (κ2) is 8.15. The molecule has 1 heterocycles. The number of aryl methyl sites for hydroxylation is 3. The number of hydrogen-bond acceptors (Lipinski definition) is 4. The Morgan fingerprint density at radius 2 is 1.73 bits per heavy atom. The molecule has 0 atom stereocenters. The first-order chi connectivity index (χ1) is 12.5. The Bertz CT molecular complexity index is 923. The summed E-state index contributed by atoms with van der Waals surface area (Å²) in [5.41, 5.74) is 5.90.